The van der Waals surface area contributed by atoms with E-state index in [0.717, 1.165) is 32.3 Å². The summed E-state index contributed by atoms with van der Waals surface area (Å²) in [6, 6.07) is 15.8. The maximum absolute atomic E-state index is 12.4. The maximum atomic E-state index is 12.4. The van der Waals surface area contributed by atoms with Crippen LogP contribution in [0.4, 0.5) is 15.1 Å². The molecular formula is C21H18N4OS4. The van der Waals surface area contributed by atoms with Gasteiger partial charge in [0.25, 0.3) is 0 Å². The first-order chi connectivity index (χ1) is 14.7. The highest BCUT2D eigenvalue weighted by molar-refractivity contribution is 7.99. The van der Waals surface area contributed by atoms with Crippen LogP contribution in [-0.2, 0) is 0 Å². The standard InChI is InChI=1S/C21H18N4OS4/c1-27-17-9-5-3-7-13(17)15-11-29-20(22-15)24-19(26)25-21-23-16(12-30-21)14-8-4-6-10-18(14)28-2/h3-12H,1-2H3,(H2,22,23,24,25,26). The molecule has 4 aromatic rings. The predicted molar refractivity (Wildman–Crippen MR) is 131 cm³/mol. The second kappa shape index (κ2) is 9.65. The van der Waals surface area contributed by atoms with Crippen LogP contribution in [0.5, 0.6) is 0 Å². The van der Waals surface area contributed by atoms with Gasteiger partial charge in [-0.05, 0) is 24.6 Å². The van der Waals surface area contributed by atoms with Gasteiger partial charge in [0.2, 0.25) is 0 Å². The molecular weight excluding hydrogens is 453 g/mol. The van der Waals surface area contributed by atoms with Crippen molar-refractivity contribution in [1.82, 2.24) is 9.97 Å². The van der Waals surface area contributed by atoms with Gasteiger partial charge in [-0.25, -0.2) is 14.8 Å². The summed E-state index contributed by atoms with van der Waals surface area (Å²) in [5.74, 6) is 0. The van der Waals surface area contributed by atoms with Crippen LogP contribution >= 0.6 is 46.2 Å². The third-order valence-corrected chi connectivity index (χ3v) is 7.32. The highest BCUT2D eigenvalue weighted by atomic mass is 32.2. The molecule has 0 aliphatic carbocycles. The molecule has 152 valence electrons. The summed E-state index contributed by atoms with van der Waals surface area (Å²) in [6.07, 6.45) is 4.08. The highest BCUT2D eigenvalue weighted by Gasteiger charge is 2.13. The van der Waals surface area contributed by atoms with E-state index in [1.165, 1.54) is 22.7 Å². The number of hydrogen-bond donors (Lipinski definition) is 2. The zero-order valence-corrected chi connectivity index (χ0v) is 19.5. The Morgan fingerprint density at radius 2 is 1.20 bits per heavy atom. The normalized spacial score (nSPS) is 10.7. The van der Waals surface area contributed by atoms with Crippen molar-refractivity contribution in [3.8, 4) is 22.5 Å². The van der Waals surface area contributed by atoms with E-state index in [4.69, 9.17) is 0 Å². The fourth-order valence-corrected chi connectivity index (χ4v) is 5.47. The second-order valence-corrected chi connectivity index (χ2v) is 9.47. The Hall–Kier alpha value is -2.33. The van der Waals surface area contributed by atoms with Crippen LogP contribution in [-0.4, -0.2) is 28.5 Å². The molecule has 0 saturated heterocycles. The maximum Gasteiger partial charge on any atom is 0.327 e. The first kappa shape index (κ1) is 20.9. The Morgan fingerprint density at radius 1 is 0.767 bits per heavy atom. The van der Waals surface area contributed by atoms with E-state index < -0.39 is 0 Å². The van der Waals surface area contributed by atoms with Crippen LogP contribution in [0, 0.1) is 0 Å². The van der Waals surface area contributed by atoms with Gasteiger partial charge in [-0.2, -0.15) is 0 Å². The molecule has 9 heteroatoms. The van der Waals surface area contributed by atoms with Gasteiger partial charge in [-0.15, -0.1) is 46.2 Å². The second-order valence-electron chi connectivity index (χ2n) is 6.06. The number of urea groups is 1. The number of thiazole rings is 2. The predicted octanol–water partition coefficient (Wildman–Crippen LogP) is 7.02. The lowest BCUT2D eigenvalue weighted by Crippen LogP contribution is -2.19. The molecule has 0 bridgehead atoms. The lowest BCUT2D eigenvalue weighted by atomic mass is 10.2. The molecule has 0 spiro atoms. The largest absolute Gasteiger partial charge is 0.327 e. The molecule has 0 aliphatic heterocycles. The lowest BCUT2D eigenvalue weighted by Gasteiger charge is -2.04. The number of amides is 2. The number of aromatic nitrogens is 2. The summed E-state index contributed by atoms with van der Waals surface area (Å²) in [7, 11) is 0. The van der Waals surface area contributed by atoms with Crippen molar-refractivity contribution in [3.05, 3.63) is 59.3 Å². The van der Waals surface area contributed by atoms with Crippen LogP contribution in [0.25, 0.3) is 22.5 Å². The molecule has 2 amide bonds. The molecule has 5 nitrogen and oxygen atoms in total. The Bertz CT molecular complexity index is 1080. The highest BCUT2D eigenvalue weighted by Crippen LogP contribution is 2.33. The van der Waals surface area contributed by atoms with E-state index in [0.29, 0.717) is 10.3 Å². The van der Waals surface area contributed by atoms with E-state index in [2.05, 4.69) is 32.7 Å². The van der Waals surface area contributed by atoms with Crippen molar-refractivity contribution in [2.45, 2.75) is 9.79 Å². The lowest BCUT2D eigenvalue weighted by molar-refractivity contribution is 0.262. The number of hydrogen-bond acceptors (Lipinski definition) is 7. The van der Waals surface area contributed by atoms with Crippen LogP contribution in [0.3, 0.4) is 0 Å². The Balaban J connectivity index is 1.44. The SMILES string of the molecule is CSc1ccccc1-c1csc(NC(=O)Nc2nc(-c3ccccc3SC)cs2)n1. The van der Waals surface area contributed by atoms with Crippen molar-refractivity contribution >= 4 is 62.5 Å². The fourth-order valence-electron chi connectivity index (χ4n) is 2.85. The number of benzene rings is 2. The number of thioether (sulfide) groups is 2. The molecule has 2 N–H and O–H groups in total. The number of carbonyl (C=O) groups is 1. The first-order valence-corrected chi connectivity index (χ1v) is 13.1. The van der Waals surface area contributed by atoms with Crippen LogP contribution in [0.2, 0.25) is 0 Å². The van der Waals surface area contributed by atoms with Gasteiger partial charge in [0.05, 0.1) is 11.4 Å². The van der Waals surface area contributed by atoms with Gasteiger partial charge in [0.1, 0.15) is 0 Å². The van der Waals surface area contributed by atoms with Crippen LogP contribution in [0.1, 0.15) is 0 Å². The number of carbonyl (C=O) groups excluding carboxylic acids is 1. The monoisotopic (exact) mass is 470 g/mol. The Kier molecular flexibility index (Phi) is 6.73. The topological polar surface area (TPSA) is 66.9 Å². The third kappa shape index (κ3) is 4.70. The van der Waals surface area contributed by atoms with Gasteiger partial charge in [0.15, 0.2) is 10.3 Å². The molecule has 0 saturated carbocycles. The molecule has 0 fully saturated rings. The third-order valence-electron chi connectivity index (χ3n) is 4.22. The number of rotatable bonds is 6. The smallest absolute Gasteiger partial charge is 0.283 e. The van der Waals surface area contributed by atoms with Crippen LogP contribution in [0.15, 0.2) is 69.1 Å². The minimum Gasteiger partial charge on any atom is -0.283 e. The summed E-state index contributed by atoms with van der Waals surface area (Å²) < 4.78 is 0. The molecule has 2 heterocycles. The molecule has 4 rings (SSSR count). The average molecular weight is 471 g/mol. The molecule has 0 aliphatic rings. The number of nitrogens with zero attached hydrogens (tertiary/aromatic N) is 2. The summed E-state index contributed by atoms with van der Waals surface area (Å²) in [4.78, 5) is 23.8. The zero-order chi connectivity index (χ0) is 20.9. The minimum absolute atomic E-state index is 0.354. The van der Waals surface area contributed by atoms with Gasteiger partial charge in [-0.1, -0.05) is 36.4 Å². The van der Waals surface area contributed by atoms with Crippen molar-refractivity contribution in [3.63, 3.8) is 0 Å². The van der Waals surface area contributed by atoms with Crippen molar-refractivity contribution in [2.24, 2.45) is 0 Å². The molecule has 2 aromatic heterocycles. The minimum atomic E-state index is -0.354. The molecule has 30 heavy (non-hydrogen) atoms. The summed E-state index contributed by atoms with van der Waals surface area (Å²) in [6.45, 7) is 0. The van der Waals surface area contributed by atoms with E-state index in [1.54, 1.807) is 23.5 Å². The molecule has 0 unspecified atom stereocenters. The van der Waals surface area contributed by atoms with E-state index >= 15 is 0 Å². The summed E-state index contributed by atoms with van der Waals surface area (Å²) in [5, 5.41) is 10.6. The first-order valence-electron chi connectivity index (χ1n) is 8.93. The van der Waals surface area contributed by atoms with Gasteiger partial charge in [0, 0.05) is 31.7 Å². The van der Waals surface area contributed by atoms with Gasteiger partial charge < -0.3 is 0 Å². The van der Waals surface area contributed by atoms with Crippen molar-refractivity contribution < 1.29 is 4.79 Å². The molecule has 0 atom stereocenters. The van der Waals surface area contributed by atoms with E-state index in [9.17, 15) is 4.79 Å². The Morgan fingerprint density at radius 3 is 1.63 bits per heavy atom. The van der Waals surface area contributed by atoms with Crippen molar-refractivity contribution in [2.75, 3.05) is 23.1 Å². The van der Waals surface area contributed by atoms with Gasteiger partial charge >= 0.3 is 6.03 Å². The number of anilines is 2. The quantitative estimate of drug-likeness (QED) is 0.296. The van der Waals surface area contributed by atoms with Crippen LogP contribution < -0.4 is 10.6 Å². The summed E-state index contributed by atoms with van der Waals surface area (Å²) in [5.41, 5.74) is 3.83. The van der Waals surface area contributed by atoms with E-state index in [1.807, 2.05) is 59.7 Å². The molecule has 0 radical (unpaired) electrons. The van der Waals surface area contributed by atoms with Gasteiger partial charge in [-0.3, -0.25) is 10.6 Å². The van der Waals surface area contributed by atoms with E-state index in [-0.39, 0.29) is 6.03 Å². The summed E-state index contributed by atoms with van der Waals surface area (Å²) >= 11 is 6.14. The average Bonchev–Trinajstić information content (AvgIpc) is 3.43. The molecule has 2 aromatic carbocycles. The fraction of sp³-hybridized carbons (Fsp3) is 0.0952. The van der Waals surface area contributed by atoms with Crippen molar-refractivity contribution in [1.29, 1.82) is 0 Å². The number of nitrogens with one attached hydrogen (secondary N) is 2. The Labute approximate surface area is 191 Å². The zero-order valence-electron chi connectivity index (χ0n) is 16.2.